The Morgan fingerprint density at radius 1 is 1.33 bits per heavy atom. The zero-order chi connectivity index (χ0) is 13.1. The van der Waals surface area contributed by atoms with Gasteiger partial charge in [0.2, 0.25) is 11.1 Å². The Balaban J connectivity index is 2.67. The summed E-state index contributed by atoms with van der Waals surface area (Å²) in [5, 5.41) is 12.8. The second kappa shape index (κ2) is 4.83. The van der Waals surface area contributed by atoms with Crippen molar-refractivity contribution in [2.75, 3.05) is 0 Å². The first-order valence-corrected chi connectivity index (χ1v) is 5.55. The minimum Gasteiger partial charge on any atom is -0.476 e. The molecule has 0 radical (unpaired) electrons. The molecule has 18 heavy (non-hydrogen) atoms. The van der Waals surface area contributed by atoms with Crippen molar-refractivity contribution in [1.82, 2.24) is 9.78 Å². The maximum atomic E-state index is 11.8. The van der Waals surface area contributed by atoms with E-state index in [2.05, 4.69) is 5.10 Å². The molecule has 0 saturated heterocycles. The lowest BCUT2D eigenvalue weighted by Gasteiger charge is -2.08. The van der Waals surface area contributed by atoms with Crippen molar-refractivity contribution in [2.45, 2.75) is 13.3 Å². The van der Waals surface area contributed by atoms with Crippen LogP contribution in [0.15, 0.2) is 41.3 Å². The molecule has 0 saturated carbocycles. The summed E-state index contributed by atoms with van der Waals surface area (Å²) in [7, 11) is 0. The zero-order valence-electron chi connectivity index (χ0n) is 9.83. The Bertz CT molecular complexity index is 632. The second-order valence-electron chi connectivity index (χ2n) is 3.77. The number of carboxylic acids is 1. The van der Waals surface area contributed by atoms with Gasteiger partial charge in [-0.3, -0.25) is 4.79 Å². The highest BCUT2D eigenvalue weighted by atomic mass is 16.4. The molecule has 0 aliphatic rings. The van der Waals surface area contributed by atoms with Crippen molar-refractivity contribution >= 4 is 5.97 Å². The lowest BCUT2D eigenvalue weighted by atomic mass is 10.2. The number of aromatic carboxylic acids is 1. The molecule has 0 spiro atoms. The first-order valence-electron chi connectivity index (χ1n) is 5.55. The SMILES string of the molecule is CCc1cn(-c2ccccc2)nc(C(=O)O)c1=O. The molecule has 0 fully saturated rings. The highest BCUT2D eigenvalue weighted by molar-refractivity contribution is 5.85. The molecular weight excluding hydrogens is 232 g/mol. The fraction of sp³-hybridized carbons (Fsp3) is 0.154. The summed E-state index contributed by atoms with van der Waals surface area (Å²) < 4.78 is 1.42. The van der Waals surface area contributed by atoms with Crippen LogP contribution in [0.5, 0.6) is 0 Å². The fourth-order valence-electron chi connectivity index (χ4n) is 1.65. The van der Waals surface area contributed by atoms with Crippen LogP contribution in [0.3, 0.4) is 0 Å². The van der Waals surface area contributed by atoms with E-state index in [0.717, 1.165) is 5.69 Å². The van der Waals surface area contributed by atoms with Crippen LogP contribution in [0.25, 0.3) is 5.69 Å². The smallest absolute Gasteiger partial charge is 0.360 e. The monoisotopic (exact) mass is 244 g/mol. The molecule has 0 bridgehead atoms. The van der Waals surface area contributed by atoms with Gasteiger partial charge in [-0.2, -0.15) is 5.10 Å². The van der Waals surface area contributed by atoms with E-state index in [0.29, 0.717) is 12.0 Å². The van der Waals surface area contributed by atoms with Gasteiger partial charge in [0.1, 0.15) is 0 Å². The van der Waals surface area contributed by atoms with E-state index in [4.69, 9.17) is 5.11 Å². The number of carbonyl (C=O) groups is 1. The zero-order valence-corrected chi connectivity index (χ0v) is 9.83. The fourth-order valence-corrected chi connectivity index (χ4v) is 1.65. The summed E-state index contributed by atoms with van der Waals surface area (Å²) in [4.78, 5) is 22.8. The highest BCUT2D eigenvalue weighted by Crippen LogP contribution is 2.06. The van der Waals surface area contributed by atoms with Crippen LogP contribution >= 0.6 is 0 Å². The van der Waals surface area contributed by atoms with Gasteiger partial charge >= 0.3 is 5.97 Å². The third-order valence-electron chi connectivity index (χ3n) is 2.60. The normalized spacial score (nSPS) is 10.3. The summed E-state index contributed by atoms with van der Waals surface area (Å²) >= 11 is 0. The molecule has 2 rings (SSSR count). The van der Waals surface area contributed by atoms with Gasteiger partial charge in [-0.1, -0.05) is 25.1 Å². The molecule has 1 N–H and O–H groups in total. The topological polar surface area (TPSA) is 72.2 Å². The van der Waals surface area contributed by atoms with Crippen molar-refractivity contribution in [1.29, 1.82) is 0 Å². The number of carboxylic acid groups (broad SMARTS) is 1. The first-order chi connectivity index (χ1) is 8.63. The molecule has 1 aromatic heterocycles. The van der Waals surface area contributed by atoms with E-state index in [1.165, 1.54) is 4.68 Å². The molecule has 5 nitrogen and oxygen atoms in total. The predicted octanol–water partition coefficient (Wildman–Crippen LogP) is 1.49. The van der Waals surface area contributed by atoms with Crippen LogP contribution in [0, 0.1) is 0 Å². The van der Waals surface area contributed by atoms with Crippen molar-refractivity contribution in [3.63, 3.8) is 0 Å². The standard InChI is InChI=1S/C13H12N2O3/c1-2-9-8-15(10-6-4-3-5-7-10)14-11(12(9)16)13(17)18/h3-8H,2H2,1H3,(H,17,18). The molecule has 0 unspecified atom stereocenters. The van der Waals surface area contributed by atoms with Crippen LogP contribution in [0.1, 0.15) is 23.0 Å². The molecule has 0 amide bonds. The second-order valence-corrected chi connectivity index (χ2v) is 3.77. The third kappa shape index (κ3) is 2.15. The lowest BCUT2D eigenvalue weighted by Crippen LogP contribution is -2.24. The van der Waals surface area contributed by atoms with E-state index in [1.807, 2.05) is 18.2 Å². The highest BCUT2D eigenvalue weighted by Gasteiger charge is 2.15. The maximum Gasteiger partial charge on any atom is 0.360 e. The van der Waals surface area contributed by atoms with Gasteiger partial charge < -0.3 is 5.11 Å². The van der Waals surface area contributed by atoms with Crippen molar-refractivity contribution < 1.29 is 9.90 Å². The summed E-state index contributed by atoms with van der Waals surface area (Å²) in [5.74, 6) is -1.31. The van der Waals surface area contributed by atoms with Gasteiger partial charge in [0.15, 0.2) is 0 Å². The third-order valence-corrected chi connectivity index (χ3v) is 2.60. The van der Waals surface area contributed by atoms with Gasteiger partial charge in [0.05, 0.1) is 5.69 Å². The van der Waals surface area contributed by atoms with Crippen LogP contribution in [-0.4, -0.2) is 20.9 Å². The Labute approximate surface area is 103 Å². The maximum absolute atomic E-state index is 11.8. The van der Waals surface area contributed by atoms with E-state index in [9.17, 15) is 9.59 Å². The molecule has 92 valence electrons. The number of para-hydroxylation sites is 1. The predicted molar refractivity (Wildman–Crippen MR) is 66.2 cm³/mol. The molecule has 1 heterocycles. The molecule has 0 aliphatic heterocycles. The molecular formula is C13H12N2O3. The number of benzene rings is 1. The number of aryl methyl sites for hydroxylation is 1. The van der Waals surface area contributed by atoms with Crippen LogP contribution < -0.4 is 5.43 Å². The quantitative estimate of drug-likeness (QED) is 0.887. The summed E-state index contributed by atoms with van der Waals surface area (Å²) in [6.45, 7) is 1.80. The Kier molecular flexibility index (Phi) is 3.23. The van der Waals surface area contributed by atoms with E-state index in [1.54, 1.807) is 25.3 Å². The van der Waals surface area contributed by atoms with Gasteiger partial charge in [0.25, 0.3) is 0 Å². The molecule has 1 aromatic carbocycles. The number of hydrogen-bond acceptors (Lipinski definition) is 3. The van der Waals surface area contributed by atoms with Gasteiger partial charge in [-0.05, 0) is 18.6 Å². The average molecular weight is 244 g/mol. The number of rotatable bonds is 3. The lowest BCUT2D eigenvalue weighted by molar-refractivity contribution is 0.0686. The van der Waals surface area contributed by atoms with Crippen molar-refractivity contribution in [2.24, 2.45) is 0 Å². The summed E-state index contributed by atoms with van der Waals surface area (Å²) in [6, 6.07) is 9.08. The van der Waals surface area contributed by atoms with Crippen molar-refractivity contribution in [3.05, 3.63) is 58.0 Å². The average Bonchev–Trinajstić information content (AvgIpc) is 2.39. The largest absolute Gasteiger partial charge is 0.476 e. The first kappa shape index (κ1) is 12.0. The number of nitrogens with zero attached hydrogens (tertiary/aromatic N) is 2. The summed E-state index contributed by atoms with van der Waals surface area (Å²) in [5.41, 5.74) is 0.191. The van der Waals surface area contributed by atoms with E-state index >= 15 is 0 Å². The Hall–Kier alpha value is -2.43. The van der Waals surface area contributed by atoms with Crippen molar-refractivity contribution in [3.8, 4) is 5.69 Å². The van der Waals surface area contributed by atoms with Gasteiger partial charge in [-0.15, -0.1) is 0 Å². The van der Waals surface area contributed by atoms with Crippen LogP contribution in [0.2, 0.25) is 0 Å². The van der Waals surface area contributed by atoms with Gasteiger partial charge in [0, 0.05) is 11.8 Å². The van der Waals surface area contributed by atoms with E-state index < -0.39 is 17.1 Å². The molecule has 5 heteroatoms. The molecule has 0 atom stereocenters. The Morgan fingerprint density at radius 2 is 2.00 bits per heavy atom. The van der Waals surface area contributed by atoms with Crippen LogP contribution in [-0.2, 0) is 6.42 Å². The minimum absolute atomic E-state index is 0.436. The molecule has 0 aliphatic carbocycles. The Morgan fingerprint density at radius 3 is 2.56 bits per heavy atom. The van der Waals surface area contributed by atoms with E-state index in [-0.39, 0.29) is 0 Å². The number of hydrogen-bond donors (Lipinski definition) is 1. The number of aromatic nitrogens is 2. The molecule has 2 aromatic rings. The van der Waals surface area contributed by atoms with Gasteiger partial charge in [-0.25, -0.2) is 9.48 Å². The summed E-state index contributed by atoms with van der Waals surface area (Å²) in [6.07, 6.45) is 2.04. The minimum atomic E-state index is -1.31. The van der Waals surface area contributed by atoms with Crippen LogP contribution in [0.4, 0.5) is 0 Å².